The van der Waals surface area contributed by atoms with Crippen molar-refractivity contribution in [2.45, 2.75) is 77.9 Å². The molecule has 1 aliphatic carbocycles. The smallest absolute Gasteiger partial charge is 0.408 e. The number of carbonyl (C=O) groups is 4. The number of fused-ring (bicyclic) bond motifs is 3. The van der Waals surface area contributed by atoms with Crippen LogP contribution in [0, 0.1) is 5.92 Å². The molecule has 244 valence electrons. The summed E-state index contributed by atoms with van der Waals surface area (Å²) in [5, 5.41) is 5.08. The van der Waals surface area contributed by atoms with Crippen LogP contribution in [-0.2, 0) is 35.1 Å². The number of amides is 2. The Balaban J connectivity index is 1.40. The summed E-state index contributed by atoms with van der Waals surface area (Å²) < 4.78 is 22.0. The van der Waals surface area contributed by atoms with E-state index in [4.69, 9.17) is 18.9 Å². The summed E-state index contributed by atoms with van der Waals surface area (Å²) >= 11 is 0. The average Bonchev–Trinajstić information content (AvgIpc) is 3.33. The highest BCUT2D eigenvalue weighted by Gasteiger charge is 2.36. The molecule has 4 rings (SSSR count). The summed E-state index contributed by atoms with van der Waals surface area (Å²) in [6, 6.07) is 22.5. The minimum atomic E-state index is -1.38. The number of alkyl carbamates (subject to hydrolysis) is 2. The lowest BCUT2D eigenvalue weighted by atomic mass is 9.98. The third-order valence-electron chi connectivity index (χ3n) is 7.46. The van der Waals surface area contributed by atoms with Gasteiger partial charge in [0, 0.05) is 5.92 Å². The van der Waals surface area contributed by atoms with Crippen LogP contribution in [0.1, 0.15) is 64.2 Å². The van der Waals surface area contributed by atoms with E-state index in [0.29, 0.717) is 0 Å². The molecule has 0 aliphatic heterocycles. The molecule has 2 amide bonds. The number of ether oxygens (including phenoxy) is 4. The maximum absolute atomic E-state index is 13.4. The van der Waals surface area contributed by atoms with Gasteiger partial charge in [0.2, 0.25) is 0 Å². The van der Waals surface area contributed by atoms with Crippen molar-refractivity contribution in [3.05, 3.63) is 95.6 Å². The molecule has 3 atom stereocenters. The van der Waals surface area contributed by atoms with Crippen molar-refractivity contribution in [2.24, 2.45) is 5.92 Å². The highest BCUT2D eigenvalue weighted by Crippen LogP contribution is 2.44. The zero-order chi connectivity index (χ0) is 33.4. The highest BCUT2D eigenvalue weighted by atomic mass is 16.6. The zero-order valence-electron chi connectivity index (χ0n) is 27.1. The summed E-state index contributed by atoms with van der Waals surface area (Å²) in [6.45, 7) is 10.0. The van der Waals surface area contributed by atoms with Crippen LogP contribution in [0.3, 0.4) is 0 Å². The molecule has 0 spiro atoms. The second-order valence-corrected chi connectivity index (χ2v) is 12.6. The lowest BCUT2D eigenvalue weighted by Crippen LogP contribution is -2.53. The first kappa shape index (κ1) is 34.0. The predicted molar refractivity (Wildman–Crippen MR) is 172 cm³/mol. The van der Waals surface area contributed by atoms with Gasteiger partial charge in [-0.1, -0.05) is 92.7 Å². The molecule has 0 heterocycles. The lowest BCUT2D eigenvalue weighted by Gasteiger charge is -2.28. The predicted octanol–water partition coefficient (Wildman–Crippen LogP) is 6.12. The van der Waals surface area contributed by atoms with Crippen molar-refractivity contribution in [3.8, 4) is 11.1 Å². The average molecular weight is 631 g/mol. The van der Waals surface area contributed by atoms with E-state index in [2.05, 4.69) is 10.6 Å². The lowest BCUT2D eigenvalue weighted by molar-refractivity contribution is -0.160. The van der Waals surface area contributed by atoms with Crippen molar-refractivity contribution < 1.29 is 38.1 Å². The molecule has 3 aromatic carbocycles. The first-order valence-electron chi connectivity index (χ1n) is 15.4. The fourth-order valence-electron chi connectivity index (χ4n) is 5.21. The van der Waals surface area contributed by atoms with Gasteiger partial charge >= 0.3 is 24.1 Å². The van der Waals surface area contributed by atoms with Gasteiger partial charge in [0.25, 0.3) is 0 Å². The largest absolute Gasteiger partial charge is 0.459 e. The van der Waals surface area contributed by atoms with Gasteiger partial charge in [0.15, 0.2) is 6.04 Å². The van der Waals surface area contributed by atoms with Gasteiger partial charge in [-0.15, -0.1) is 0 Å². The molecular weight excluding hydrogens is 588 g/mol. The second kappa shape index (κ2) is 14.9. The van der Waals surface area contributed by atoms with E-state index in [1.54, 1.807) is 58.9 Å². The van der Waals surface area contributed by atoms with Gasteiger partial charge in [-0.3, -0.25) is 0 Å². The third-order valence-corrected chi connectivity index (χ3v) is 7.46. The summed E-state index contributed by atoms with van der Waals surface area (Å²) in [6.07, 6.45) is -2.83. The van der Waals surface area contributed by atoms with Crippen molar-refractivity contribution in [1.82, 2.24) is 10.6 Å². The van der Waals surface area contributed by atoms with E-state index in [9.17, 15) is 19.2 Å². The molecule has 0 saturated heterocycles. The van der Waals surface area contributed by atoms with Crippen LogP contribution in [0.25, 0.3) is 11.1 Å². The molecular formula is C36H42N2O8. The molecule has 3 aromatic rings. The number of nitrogens with one attached hydrogen (secondary N) is 2. The molecule has 0 fully saturated rings. The maximum atomic E-state index is 13.4. The van der Waals surface area contributed by atoms with Gasteiger partial charge in [-0.25, -0.2) is 19.2 Å². The molecule has 0 aromatic heterocycles. The number of rotatable bonds is 11. The molecule has 10 heteroatoms. The fourth-order valence-corrected chi connectivity index (χ4v) is 5.21. The van der Waals surface area contributed by atoms with E-state index < -0.39 is 47.9 Å². The second-order valence-electron chi connectivity index (χ2n) is 12.6. The minimum Gasteiger partial charge on any atom is -0.459 e. The van der Waals surface area contributed by atoms with Crippen LogP contribution in [0.15, 0.2) is 78.9 Å². The Morgan fingerprint density at radius 3 is 1.80 bits per heavy atom. The van der Waals surface area contributed by atoms with Crippen molar-refractivity contribution in [2.75, 3.05) is 6.61 Å². The van der Waals surface area contributed by atoms with E-state index in [-0.39, 0.29) is 25.0 Å². The number of hydrogen-bond acceptors (Lipinski definition) is 8. The summed E-state index contributed by atoms with van der Waals surface area (Å²) in [7, 11) is 0. The summed E-state index contributed by atoms with van der Waals surface area (Å²) in [4.78, 5) is 52.1. The van der Waals surface area contributed by atoms with Gasteiger partial charge in [0.1, 0.15) is 31.0 Å². The molecule has 46 heavy (non-hydrogen) atoms. The Labute approximate surface area is 269 Å². The molecule has 0 bridgehead atoms. The standard InChI is InChI=1S/C36H42N2O8/c1-22(2)30(37-34(41)44-21-29-27-18-12-10-16-25(27)26-17-11-13-19-28(26)29)33(40)45-23(3)31(38-35(42)46-36(4,5)6)32(39)43-20-24-14-8-7-9-15-24/h7-19,22-23,29-31H,20-21H2,1-6H3,(H,37,41)(H,38,42)/t23-,30+,31+/m1/s1. The van der Waals surface area contributed by atoms with Gasteiger partial charge in [0.05, 0.1) is 0 Å². The van der Waals surface area contributed by atoms with Crippen LogP contribution in [0.5, 0.6) is 0 Å². The Bertz CT molecular complexity index is 1490. The molecule has 10 nitrogen and oxygen atoms in total. The van der Waals surface area contributed by atoms with Crippen LogP contribution >= 0.6 is 0 Å². The van der Waals surface area contributed by atoms with Gasteiger partial charge in [-0.2, -0.15) is 0 Å². The number of esters is 2. The van der Waals surface area contributed by atoms with Crippen LogP contribution in [0.2, 0.25) is 0 Å². The summed E-state index contributed by atoms with van der Waals surface area (Å²) in [5.41, 5.74) is 4.23. The van der Waals surface area contributed by atoms with Gasteiger partial charge < -0.3 is 29.6 Å². The number of carbonyl (C=O) groups excluding carboxylic acids is 4. The van der Waals surface area contributed by atoms with Crippen LogP contribution in [-0.4, -0.2) is 54.5 Å². The van der Waals surface area contributed by atoms with E-state index in [1.165, 1.54) is 6.92 Å². The molecule has 0 saturated carbocycles. The maximum Gasteiger partial charge on any atom is 0.408 e. The van der Waals surface area contributed by atoms with Crippen molar-refractivity contribution in [3.63, 3.8) is 0 Å². The van der Waals surface area contributed by atoms with E-state index >= 15 is 0 Å². The Morgan fingerprint density at radius 2 is 1.24 bits per heavy atom. The first-order valence-corrected chi connectivity index (χ1v) is 15.4. The molecule has 1 aliphatic rings. The highest BCUT2D eigenvalue weighted by molar-refractivity contribution is 5.85. The molecule has 0 unspecified atom stereocenters. The third kappa shape index (κ3) is 8.87. The Kier molecular flexibility index (Phi) is 11.1. The van der Waals surface area contributed by atoms with E-state index in [1.807, 2.05) is 54.6 Å². The van der Waals surface area contributed by atoms with Crippen molar-refractivity contribution in [1.29, 1.82) is 0 Å². The van der Waals surface area contributed by atoms with Crippen molar-refractivity contribution >= 4 is 24.1 Å². The monoisotopic (exact) mass is 630 g/mol. The normalized spacial score (nSPS) is 14.2. The SMILES string of the molecule is CC(C)[C@H](NC(=O)OCC1c2ccccc2-c2ccccc21)C(=O)O[C@H](C)[C@H](NC(=O)OC(C)(C)C)C(=O)OCc1ccccc1. The quantitative estimate of drug-likeness (QED) is 0.192. The Morgan fingerprint density at radius 1 is 0.696 bits per heavy atom. The first-order chi connectivity index (χ1) is 21.8. The van der Waals surface area contributed by atoms with Crippen LogP contribution < -0.4 is 10.6 Å². The minimum absolute atomic E-state index is 0.0508. The fraction of sp³-hybridized carbons (Fsp3) is 0.389. The summed E-state index contributed by atoms with van der Waals surface area (Å²) in [5.74, 6) is -2.16. The van der Waals surface area contributed by atoms with E-state index in [0.717, 1.165) is 27.8 Å². The topological polar surface area (TPSA) is 129 Å². The van der Waals surface area contributed by atoms with Gasteiger partial charge in [-0.05, 0) is 61.4 Å². The Hall–Kier alpha value is -4.86. The van der Waals surface area contributed by atoms with Crippen LogP contribution in [0.4, 0.5) is 9.59 Å². The number of hydrogen-bond donors (Lipinski definition) is 2. The number of benzene rings is 3. The zero-order valence-corrected chi connectivity index (χ0v) is 27.1. The molecule has 2 N–H and O–H groups in total. The molecule has 0 radical (unpaired) electrons.